The Morgan fingerprint density at radius 1 is 1.16 bits per heavy atom. The topological polar surface area (TPSA) is 93.1 Å². The number of allylic oxidation sites excluding steroid dienone is 1. The molecule has 4 atom stereocenters. The molecular weight excluding hydrogens is 409 g/mol. The van der Waals surface area contributed by atoms with Crippen LogP contribution < -0.4 is 10.1 Å². The summed E-state index contributed by atoms with van der Waals surface area (Å²) in [6.45, 7) is 4.10. The van der Waals surface area contributed by atoms with Crippen LogP contribution in [0.3, 0.4) is 0 Å². The van der Waals surface area contributed by atoms with Crippen LogP contribution in [0.2, 0.25) is 0 Å². The number of hydrogen-bond acceptors (Lipinski definition) is 7. The van der Waals surface area contributed by atoms with Crippen molar-refractivity contribution in [1.29, 1.82) is 0 Å². The lowest BCUT2D eigenvalue weighted by atomic mass is 9.84. The molecule has 5 rings (SSSR count). The Morgan fingerprint density at radius 3 is 2.75 bits per heavy atom. The van der Waals surface area contributed by atoms with Gasteiger partial charge in [0.1, 0.15) is 17.6 Å². The van der Waals surface area contributed by atoms with Crippen LogP contribution >= 0.6 is 0 Å². The number of ether oxygens (including phenoxy) is 1. The first-order chi connectivity index (χ1) is 15.5. The molecule has 0 aliphatic carbocycles. The molecule has 2 aromatic heterocycles. The van der Waals surface area contributed by atoms with Gasteiger partial charge < -0.3 is 15.2 Å². The number of nitrogens with one attached hydrogen (secondary N) is 1. The minimum Gasteiger partial charge on any atom is -0.507 e. The van der Waals surface area contributed by atoms with Gasteiger partial charge in [0, 0.05) is 30.3 Å². The van der Waals surface area contributed by atoms with Crippen molar-refractivity contribution in [3.63, 3.8) is 0 Å². The van der Waals surface area contributed by atoms with Crippen molar-refractivity contribution in [2.45, 2.75) is 37.5 Å². The van der Waals surface area contributed by atoms with Crippen LogP contribution in [0.4, 0.5) is 4.39 Å². The Hall–Kier alpha value is -3.39. The van der Waals surface area contributed by atoms with Crippen molar-refractivity contribution < 1.29 is 14.2 Å². The van der Waals surface area contributed by atoms with E-state index in [1.54, 1.807) is 37.7 Å². The quantitative estimate of drug-likeness (QED) is 0.632. The summed E-state index contributed by atoms with van der Waals surface area (Å²) in [6, 6.07) is 9.09. The molecule has 2 fully saturated rings. The second-order valence-electron chi connectivity index (χ2n) is 8.35. The number of alkyl halides is 1. The predicted molar refractivity (Wildman–Crippen MR) is 119 cm³/mol. The van der Waals surface area contributed by atoms with Crippen molar-refractivity contribution in [3.05, 3.63) is 55.0 Å². The second-order valence-corrected chi connectivity index (χ2v) is 8.35. The van der Waals surface area contributed by atoms with E-state index in [4.69, 9.17) is 4.74 Å². The fourth-order valence-electron chi connectivity index (χ4n) is 4.68. The van der Waals surface area contributed by atoms with E-state index in [2.05, 4.69) is 32.1 Å². The maximum absolute atomic E-state index is 14.9. The fourth-order valence-corrected chi connectivity index (χ4v) is 4.68. The molecule has 2 N–H and O–H groups in total. The molecule has 2 saturated heterocycles. The molecule has 0 saturated carbocycles. The number of methoxy groups -OCH3 is 1. The number of piperidine rings is 1. The Balaban J connectivity index is 1.36. The lowest BCUT2D eigenvalue weighted by Gasteiger charge is -2.33. The first kappa shape index (κ1) is 20.5. The van der Waals surface area contributed by atoms with Crippen LogP contribution in [0.25, 0.3) is 28.1 Å². The summed E-state index contributed by atoms with van der Waals surface area (Å²) in [7, 11) is 1.55. The average Bonchev–Trinajstić information content (AvgIpc) is 3.24. The van der Waals surface area contributed by atoms with Crippen LogP contribution in [-0.4, -0.2) is 50.6 Å². The van der Waals surface area contributed by atoms with Gasteiger partial charge in [-0.2, -0.15) is 0 Å². The summed E-state index contributed by atoms with van der Waals surface area (Å²) < 4.78 is 20.0. The smallest absolute Gasteiger partial charge is 0.213 e. The fraction of sp³-hybridized carbons (Fsp3) is 0.333. The molecule has 0 radical (unpaired) electrons. The van der Waals surface area contributed by atoms with Gasteiger partial charge in [0.25, 0.3) is 0 Å². The zero-order valence-corrected chi connectivity index (χ0v) is 17.7. The van der Waals surface area contributed by atoms with E-state index in [0.29, 0.717) is 41.0 Å². The third kappa shape index (κ3) is 3.71. The van der Waals surface area contributed by atoms with Crippen molar-refractivity contribution in [1.82, 2.24) is 25.5 Å². The highest BCUT2D eigenvalue weighted by atomic mass is 19.1. The molecule has 3 unspecified atom stereocenters. The van der Waals surface area contributed by atoms with Gasteiger partial charge in [-0.1, -0.05) is 12.6 Å². The first-order valence-corrected chi connectivity index (χ1v) is 10.7. The SMILES string of the molecule is C=C(c1cnc(-c2ccc(-c3ccnc(OC)c3)cc2O)nn1)C1CC2CCC(N2)[C@@H]1F. The molecule has 2 aliphatic heterocycles. The Kier molecular flexibility index (Phi) is 5.30. The molecule has 0 spiro atoms. The van der Waals surface area contributed by atoms with Crippen LogP contribution in [0.15, 0.2) is 49.3 Å². The van der Waals surface area contributed by atoms with Crippen molar-refractivity contribution in [3.8, 4) is 34.1 Å². The molecule has 32 heavy (non-hydrogen) atoms. The molecule has 1 aromatic carbocycles. The monoisotopic (exact) mass is 433 g/mol. The number of pyridine rings is 1. The van der Waals surface area contributed by atoms with E-state index in [0.717, 1.165) is 24.0 Å². The molecule has 164 valence electrons. The summed E-state index contributed by atoms with van der Waals surface area (Å²) in [5.41, 5.74) is 3.25. The summed E-state index contributed by atoms with van der Waals surface area (Å²) in [5.74, 6) is 0.540. The van der Waals surface area contributed by atoms with Crippen molar-refractivity contribution in [2.24, 2.45) is 5.92 Å². The van der Waals surface area contributed by atoms with E-state index in [9.17, 15) is 9.50 Å². The molecule has 2 aliphatic rings. The first-order valence-electron chi connectivity index (χ1n) is 10.7. The Morgan fingerprint density at radius 2 is 2.00 bits per heavy atom. The van der Waals surface area contributed by atoms with Crippen LogP contribution in [0.1, 0.15) is 25.0 Å². The summed E-state index contributed by atoms with van der Waals surface area (Å²) >= 11 is 0. The number of aromatic hydroxyl groups is 1. The number of benzene rings is 1. The number of aromatic nitrogens is 4. The van der Waals surface area contributed by atoms with Gasteiger partial charge >= 0.3 is 0 Å². The number of nitrogens with zero attached hydrogens (tertiary/aromatic N) is 4. The molecule has 0 amide bonds. The Labute approximate surface area is 185 Å². The summed E-state index contributed by atoms with van der Waals surface area (Å²) in [4.78, 5) is 8.47. The Bertz CT molecular complexity index is 1150. The van der Waals surface area contributed by atoms with E-state index in [-0.39, 0.29) is 17.7 Å². The third-order valence-corrected chi connectivity index (χ3v) is 6.44. The molecule has 3 aromatic rings. The molecule has 2 bridgehead atoms. The highest BCUT2D eigenvalue weighted by Crippen LogP contribution is 2.39. The number of phenols is 1. The largest absolute Gasteiger partial charge is 0.507 e. The second kappa shape index (κ2) is 8.27. The lowest BCUT2D eigenvalue weighted by Crippen LogP contribution is -2.47. The van der Waals surface area contributed by atoms with Gasteiger partial charge in [0.05, 0.1) is 18.9 Å². The van der Waals surface area contributed by atoms with E-state index >= 15 is 0 Å². The normalized spacial score (nSPS) is 24.3. The maximum Gasteiger partial charge on any atom is 0.213 e. The minimum absolute atomic E-state index is 0.0328. The summed E-state index contributed by atoms with van der Waals surface area (Å²) in [6.07, 6.45) is 4.79. The van der Waals surface area contributed by atoms with Gasteiger partial charge in [0.15, 0.2) is 5.82 Å². The molecule has 7 nitrogen and oxygen atoms in total. The number of halogens is 1. The zero-order valence-electron chi connectivity index (χ0n) is 17.7. The van der Waals surface area contributed by atoms with E-state index < -0.39 is 6.17 Å². The molecule has 8 heteroatoms. The number of phenolic OH excluding ortho intramolecular Hbond substituents is 1. The standard InChI is InChI=1S/C24H24FN5O2/c1-13(18-11-16-4-6-19(28-16)23(18)25)20-12-27-24(30-29-20)17-5-3-14(9-21(17)31)15-7-8-26-22(10-15)32-2/h3,5,7-10,12,16,18-19,23,28,31H,1,4,6,11H2,2H3/t16?,18?,19?,23-/m1/s1. The van der Waals surface area contributed by atoms with Crippen LogP contribution in [0.5, 0.6) is 11.6 Å². The van der Waals surface area contributed by atoms with Gasteiger partial charge in [-0.15, -0.1) is 10.2 Å². The highest BCUT2D eigenvalue weighted by molar-refractivity contribution is 5.73. The van der Waals surface area contributed by atoms with Gasteiger partial charge in [-0.25, -0.2) is 14.4 Å². The van der Waals surface area contributed by atoms with Gasteiger partial charge in [0.2, 0.25) is 5.88 Å². The predicted octanol–water partition coefficient (Wildman–Crippen LogP) is 3.81. The number of hydrogen-bond donors (Lipinski definition) is 2. The third-order valence-electron chi connectivity index (χ3n) is 6.44. The van der Waals surface area contributed by atoms with Crippen LogP contribution in [-0.2, 0) is 0 Å². The van der Waals surface area contributed by atoms with Gasteiger partial charge in [-0.3, -0.25) is 0 Å². The van der Waals surface area contributed by atoms with Gasteiger partial charge in [-0.05, 0) is 54.2 Å². The number of fused-ring (bicyclic) bond motifs is 2. The van der Waals surface area contributed by atoms with Crippen LogP contribution in [0, 0.1) is 5.92 Å². The summed E-state index contributed by atoms with van der Waals surface area (Å²) in [5, 5.41) is 22.3. The van der Waals surface area contributed by atoms with Crippen molar-refractivity contribution in [2.75, 3.05) is 7.11 Å². The maximum atomic E-state index is 14.9. The van der Waals surface area contributed by atoms with E-state index in [1.807, 2.05) is 12.1 Å². The minimum atomic E-state index is -0.980. The zero-order chi connectivity index (χ0) is 22.2. The molecular formula is C24H24FN5O2. The lowest BCUT2D eigenvalue weighted by molar-refractivity contribution is 0.167. The van der Waals surface area contributed by atoms with E-state index in [1.165, 1.54) is 0 Å². The highest BCUT2D eigenvalue weighted by Gasteiger charge is 2.43. The number of rotatable bonds is 5. The molecule has 4 heterocycles. The van der Waals surface area contributed by atoms with Crippen molar-refractivity contribution >= 4 is 5.57 Å². The average molecular weight is 433 g/mol.